The summed E-state index contributed by atoms with van der Waals surface area (Å²) >= 11 is 0. The largest absolute Gasteiger partial charge is 0.481 e. The maximum absolute atomic E-state index is 13.3. The predicted octanol–water partition coefficient (Wildman–Crippen LogP) is 3.02. The minimum Gasteiger partial charge on any atom is -0.481 e. The fourth-order valence-electron chi connectivity index (χ4n) is 7.15. The van der Waals surface area contributed by atoms with E-state index in [0.717, 1.165) is 5.56 Å². The van der Waals surface area contributed by atoms with Crippen LogP contribution in [0.15, 0.2) is 60.7 Å². The van der Waals surface area contributed by atoms with Crippen molar-refractivity contribution in [2.75, 3.05) is 52.8 Å². The molecule has 3 aromatic rings. The molecule has 230 valence electrons. The van der Waals surface area contributed by atoms with E-state index in [1.807, 2.05) is 49.3 Å². The minimum atomic E-state index is -4.74. The lowest BCUT2D eigenvalue weighted by Gasteiger charge is -2.48. The van der Waals surface area contributed by atoms with Crippen LogP contribution in [0.1, 0.15) is 22.6 Å². The minimum absolute atomic E-state index is 0.0405. The fourth-order valence-corrected chi connectivity index (χ4v) is 7.15. The summed E-state index contributed by atoms with van der Waals surface area (Å²) < 4.78 is 57.6. The monoisotopic (exact) mass is 601 g/mol. The molecule has 43 heavy (non-hydrogen) atoms. The Morgan fingerprint density at radius 3 is 2.23 bits per heavy atom. The highest BCUT2D eigenvalue weighted by atomic mass is 19.4. The zero-order valence-electron chi connectivity index (χ0n) is 24.2. The first-order valence-electron chi connectivity index (χ1n) is 13.9. The summed E-state index contributed by atoms with van der Waals surface area (Å²) in [5, 5.41) is 35.0. The number of nitrogens with zero attached hydrogens (tertiary/aromatic N) is 3. The first-order valence-corrected chi connectivity index (χ1v) is 13.9. The molecule has 12 heteroatoms. The van der Waals surface area contributed by atoms with Crippen LogP contribution >= 0.6 is 0 Å². The molecule has 0 amide bonds. The number of aromatic nitrogens is 1. The lowest BCUT2D eigenvalue weighted by atomic mass is 9.70. The molecule has 6 rings (SSSR count). The molecule has 9 nitrogen and oxygen atoms in total. The number of methoxy groups -OCH3 is 2. The van der Waals surface area contributed by atoms with Gasteiger partial charge in [0.15, 0.2) is 16.8 Å². The Balaban J connectivity index is 1.53. The molecule has 2 aliphatic heterocycles. The lowest BCUT2D eigenvalue weighted by Crippen LogP contribution is -2.69. The highest BCUT2D eigenvalue weighted by molar-refractivity contribution is 5.61. The molecule has 3 aliphatic rings. The van der Waals surface area contributed by atoms with Crippen molar-refractivity contribution in [3.05, 3.63) is 77.4 Å². The Hall–Kier alpha value is -3.58. The Labute approximate surface area is 247 Å². The van der Waals surface area contributed by atoms with Crippen LogP contribution in [0, 0.1) is 5.92 Å². The summed E-state index contributed by atoms with van der Waals surface area (Å²) in [6, 6.07) is 17.7. The van der Waals surface area contributed by atoms with E-state index in [-0.39, 0.29) is 23.1 Å². The average Bonchev–Trinajstić information content (AvgIpc) is 3.32. The number of rotatable bonds is 7. The maximum atomic E-state index is 13.3. The van der Waals surface area contributed by atoms with Crippen molar-refractivity contribution in [1.82, 2.24) is 9.88 Å². The molecule has 3 heterocycles. The molecule has 0 radical (unpaired) electrons. The maximum Gasteiger partial charge on any atom is 0.420 e. The van der Waals surface area contributed by atoms with Crippen molar-refractivity contribution >= 4 is 5.69 Å². The highest BCUT2D eigenvalue weighted by Gasteiger charge is 2.77. The van der Waals surface area contributed by atoms with Crippen molar-refractivity contribution in [1.29, 1.82) is 0 Å². The second-order valence-corrected chi connectivity index (χ2v) is 11.8. The molecule has 2 fully saturated rings. The normalized spacial score (nSPS) is 29.1. The molecule has 1 saturated carbocycles. The molecule has 1 aliphatic carbocycles. The van der Waals surface area contributed by atoms with Gasteiger partial charge in [-0.05, 0) is 37.4 Å². The van der Waals surface area contributed by atoms with Crippen LogP contribution in [0.2, 0.25) is 0 Å². The molecule has 2 aromatic carbocycles. The Bertz CT molecular complexity index is 1500. The number of ether oxygens (including phenoxy) is 3. The van der Waals surface area contributed by atoms with Crippen LogP contribution in [0.25, 0.3) is 0 Å². The smallest absolute Gasteiger partial charge is 0.420 e. The summed E-state index contributed by atoms with van der Waals surface area (Å²) in [4.78, 5) is 7.75. The van der Waals surface area contributed by atoms with E-state index >= 15 is 0 Å². The Morgan fingerprint density at radius 2 is 1.67 bits per heavy atom. The zero-order valence-corrected chi connectivity index (χ0v) is 24.2. The number of hydrogen-bond donors (Lipinski definition) is 3. The standard InChI is InChI=1S/C31H34F3N3O6/c1-36(2)15-21-24(18-8-6-5-7-9-18)30(19-10-12-20(13-11-19)37-16-28(39,17-37)31(32,33)34)29(40,26(21)38)25-22(43-30)14-23(41-3)35-27(25)42-4/h5-14,21,24,26,38-40H,15-17H2,1-4H3/t21-,24-,26-,29+,30+/m1/s1. The first kappa shape index (κ1) is 29.5. The third-order valence-corrected chi connectivity index (χ3v) is 9.08. The number of β-amino-alcohol motifs (C(OH)–C–C–N with tert-alkyl or cyclic N) is 1. The summed E-state index contributed by atoms with van der Waals surface area (Å²) in [5.41, 5.74) is -4.45. The lowest BCUT2D eigenvalue weighted by molar-refractivity contribution is -0.267. The number of alkyl halides is 3. The van der Waals surface area contributed by atoms with Crippen molar-refractivity contribution in [3.8, 4) is 17.5 Å². The molecule has 3 N–H and O–H groups in total. The fraction of sp³-hybridized carbons (Fsp3) is 0.452. The van der Waals surface area contributed by atoms with Crippen molar-refractivity contribution in [2.24, 2.45) is 5.92 Å². The third-order valence-electron chi connectivity index (χ3n) is 9.08. The number of anilines is 1. The number of pyridine rings is 1. The van der Waals surface area contributed by atoms with Crippen molar-refractivity contribution in [3.63, 3.8) is 0 Å². The van der Waals surface area contributed by atoms with E-state index in [1.165, 1.54) is 25.2 Å². The summed E-state index contributed by atoms with van der Waals surface area (Å²) in [6.07, 6.45) is -6.08. The Morgan fingerprint density at radius 1 is 1.02 bits per heavy atom. The van der Waals surface area contributed by atoms with Gasteiger partial charge < -0.3 is 39.3 Å². The van der Waals surface area contributed by atoms with Gasteiger partial charge in [0.1, 0.15) is 5.75 Å². The second-order valence-electron chi connectivity index (χ2n) is 11.8. The van der Waals surface area contributed by atoms with Gasteiger partial charge in [0.25, 0.3) is 0 Å². The van der Waals surface area contributed by atoms with Gasteiger partial charge >= 0.3 is 6.18 Å². The molecular weight excluding hydrogens is 567 g/mol. The summed E-state index contributed by atoms with van der Waals surface area (Å²) in [7, 11) is 6.61. The molecule has 0 spiro atoms. The van der Waals surface area contributed by atoms with Crippen LogP contribution in [0.4, 0.5) is 18.9 Å². The van der Waals surface area contributed by atoms with Crippen LogP contribution in [0.5, 0.6) is 17.5 Å². The molecular formula is C31H34F3N3O6. The summed E-state index contributed by atoms with van der Waals surface area (Å²) in [5.74, 6) is -0.658. The number of aliphatic hydroxyl groups is 3. The molecule has 0 unspecified atom stereocenters. The Kier molecular flexibility index (Phi) is 6.84. The van der Waals surface area contributed by atoms with E-state index in [2.05, 4.69) is 4.98 Å². The number of halogens is 3. The van der Waals surface area contributed by atoms with Crippen molar-refractivity contribution in [2.45, 2.75) is 35.0 Å². The van der Waals surface area contributed by atoms with Crippen LogP contribution < -0.4 is 19.1 Å². The van der Waals surface area contributed by atoms with Gasteiger partial charge in [-0.1, -0.05) is 42.5 Å². The van der Waals surface area contributed by atoms with Gasteiger partial charge in [0.05, 0.1) is 39.0 Å². The van der Waals surface area contributed by atoms with E-state index < -0.39 is 54.0 Å². The molecule has 1 saturated heterocycles. The number of fused-ring (bicyclic) bond motifs is 3. The van der Waals surface area contributed by atoms with Crippen LogP contribution in [-0.4, -0.2) is 91.0 Å². The first-order chi connectivity index (χ1) is 20.3. The highest BCUT2D eigenvalue weighted by Crippen LogP contribution is 2.70. The van der Waals surface area contributed by atoms with Gasteiger partial charge in [-0.15, -0.1) is 0 Å². The van der Waals surface area contributed by atoms with E-state index in [9.17, 15) is 28.5 Å². The van der Waals surface area contributed by atoms with Crippen LogP contribution in [-0.2, 0) is 11.2 Å². The van der Waals surface area contributed by atoms with E-state index in [1.54, 1.807) is 24.3 Å². The number of aliphatic hydroxyl groups excluding tert-OH is 1. The topological polar surface area (TPSA) is 108 Å². The van der Waals surface area contributed by atoms with Crippen LogP contribution in [0.3, 0.4) is 0 Å². The van der Waals surface area contributed by atoms with Gasteiger partial charge in [-0.2, -0.15) is 18.2 Å². The molecule has 1 aromatic heterocycles. The number of hydrogen-bond acceptors (Lipinski definition) is 9. The summed E-state index contributed by atoms with van der Waals surface area (Å²) in [6.45, 7) is -0.783. The quantitative estimate of drug-likeness (QED) is 0.377. The predicted molar refractivity (Wildman–Crippen MR) is 150 cm³/mol. The van der Waals surface area contributed by atoms with Gasteiger partial charge in [-0.3, -0.25) is 0 Å². The second kappa shape index (κ2) is 9.98. The van der Waals surface area contributed by atoms with Crippen molar-refractivity contribution < 1.29 is 42.7 Å². The third kappa shape index (κ3) is 4.10. The molecule has 0 bridgehead atoms. The average molecular weight is 602 g/mol. The van der Waals surface area contributed by atoms with Gasteiger partial charge in [0, 0.05) is 30.1 Å². The SMILES string of the molecule is COc1cc2c(c(OC)n1)[C@]1(O)[C@H](O)[C@H](CN(C)C)[C@@H](c3ccccc3)[C@]1(c1ccc(N3CC(O)(C(F)(F)F)C3)cc1)O2. The van der Waals surface area contributed by atoms with Gasteiger partial charge in [0.2, 0.25) is 11.8 Å². The number of benzene rings is 2. The molecule has 5 atom stereocenters. The van der Waals surface area contributed by atoms with E-state index in [4.69, 9.17) is 14.2 Å². The zero-order chi connectivity index (χ0) is 30.9. The van der Waals surface area contributed by atoms with Gasteiger partial charge in [-0.25, -0.2) is 0 Å². The van der Waals surface area contributed by atoms with E-state index in [0.29, 0.717) is 17.8 Å².